The molecule has 4 rings (SSSR count). The molecule has 1 aliphatic rings. The van der Waals surface area contributed by atoms with Gasteiger partial charge in [0.05, 0.1) is 23.7 Å². The number of para-hydroxylation sites is 1. The molecule has 1 aliphatic heterocycles. The number of ether oxygens (including phenoxy) is 1. The number of fused-ring (bicyclic) bond motifs is 3. The van der Waals surface area contributed by atoms with Crippen LogP contribution in [0.1, 0.15) is 24.1 Å². The summed E-state index contributed by atoms with van der Waals surface area (Å²) in [6.07, 6.45) is 0. The highest BCUT2D eigenvalue weighted by molar-refractivity contribution is 7.92. The fraction of sp³-hybridized carbons (Fsp3) is 0.182. The Balaban J connectivity index is 1.93. The molecular weight excluding hydrogens is 377 g/mol. The summed E-state index contributed by atoms with van der Waals surface area (Å²) in [7, 11) is -2.33. The van der Waals surface area contributed by atoms with Crippen molar-refractivity contribution in [3.05, 3.63) is 77.6 Å². The summed E-state index contributed by atoms with van der Waals surface area (Å²) in [5.74, 6) is 0.237. The van der Waals surface area contributed by atoms with Gasteiger partial charge in [0, 0.05) is 5.56 Å². The SMILES string of the molecule is COc1ccc(S(=O)(=O)N2c3ccccc3-c3ccc(F)cc3C2C)cc1C. The van der Waals surface area contributed by atoms with Crippen molar-refractivity contribution in [2.75, 3.05) is 11.4 Å². The van der Waals surface area contributed by atoms with E-state index < -0.39 is 16.1 Å². The molecule has 0 saturated carbocycles. The van der Waals surface area contributed by atoms with Gasteiger partial charge in [-0.3, -0.25) is 4.31 Å². The van der Waals surface area contributed by atoms with Crippen LogP contribution >= 0.6 is 0 Å². The van der Waals surface area contributed by atoms with Crippen molar-refractivity contribution in [3.63, 3.8) is 0 Å². The molecule has 28 heavy (non-hydrogen) atoms. The Morgan fingerprint density at radius 1 is 1.00 bits per heavy atom. The molecule has 1 atom stereocenters. The highest BCUT2D eigenvalue weighted by atomic mass is 32.2. The van der Waals surface area contributed by atoms with Gasteiger partial charge in [0.1, 0.15) is 11.6 Å². The molecule has 4 nitrogen and oxygen atoms in total. The van der Waals surface area contributed by atoms with Crippen LogP contribution in [0, 0.1) is 12.7 Å². The van der Waals surface area contributed by atoms with Crippen LogP contribution in [-0.4, -0.2) is 15.5 Å². The molecule has 0 spiro atoms. The highest BCUT2D eigenvalue weighted by Gasteiger charge is 2.37. The summed E-state index contributed by atoms with van der Waals surface area (Å²) in [6.45, 7) is 3.58. The molecule has 0 radical (unpaired) electrons. The lowest BCUT2D eigenvalue weighted by Gasteiger charge is -2.37. The summed E-state index contributed by atoms with van der Waals surface area (Å²) in [5.41, 5.74) is 3.58. The topological polar surface area (TPSA) is 46.6 Å². The predicted octanol–water partition coefficient (Wildman–Crippen LogP) is 5.08. The Morgan fingerprint density at radius 2 is 1.75 bits per heavy atom. The molecule has 0 aromatic heterocycles. The largest absolute Gasteiger partial charge is 0.496 e. The Morgan fingerprint density at radius 3 is 2.46 bits per heavy atom. The van der Waals surface area contributed by atoms with E-state index in [1.54, 1.807) is 45.2 Å². The van der Waals surface area contributed by atoms with E-state index in [1.165, 1.54) is 22.5 Å². The second-order valence-corrected chi connectivity index (χ2v) is 8.67. The molecule has 0 fully saturated rings. The monoisotopic (exact) mass is 397 g/mol. The third-order valence-electron chi connectivity index (χ3n) is 5.17. The molecule has 0 amide bonds. The molecule has 3 aromatic carbocycles. The molecule has 144 valence electrons. The number of rotatable bonds is 3. The number of sulfonamides is 1. The number of benzene rings is 3. The second kappa shape index (κ2) is 6.63. The van der Waals surface area contributed by atoms with E-state index in [9.17, 15) is 12.8 Å². The summed E-state index contributed by atoms with van der Waals surface area (Å²) in [5, 5.41) is 0. The molecule has 6 heteroatoms. The number of halogens is 1. The standard InChI is InChI=1S/C22H20FNO3S/c1-14-12-17(9-11-22(14)27-3)28(25,26)24-15(2)20-13-16(23)8-10-18(20)19-6-4-5-7-21(19)24/h4-13,15H,1-3H3. The molecular formula is C22H20FNO3S. The van der Waals surface area contributed by atoms with E-state index in [0.717, 1.165) is 16.7 Å². The number of nitrogens with zero attached hydrogens (tertiary/aromatic N) is 1. The van der Waals surface area contributed by atoms with E-state index >= 15 is 0 Å². The normalized spacial score (nSPS) is 15.7. The molecule has 0 saturated heterocycles. The van der Waals surface area contributed by atoms with Crippen molar-refractivity contribution in [2.45, 2.75) is 24.8 Å². The van der Waals surface area contributed by atoms with Crippen molar-refractivity contribution in [1.29, 1.82) is 0 Å². The smallest absolute Gasteiger partial charge is 0.264 e. The summed E-state index contributed by atoms with van der Waals surface area (Å²) in [6, 6.07) is 16.1. The summed E-state index contributed by atoms with van der Waals surface area (Å²) < 4.78 is 47.8. The van der Waals surface area contributed by atoms with E-state index in [-0.39, 0.29) is 10.7 Å². The van der Waals surface area contributed by atoms with Gasteiger partial charge in [0.25, 0.3) is 10.0 Å². The van der Waals surface area contributed by atoms with Gasteiger partial charge in [-0.15, -0.1) is 0 Å². The number of methoxy groups -OCH3 is 1. The minimum Gasteiger partial charge on any atom is -0.496 e. The van der Waals surface area contributed by atoms with Crippen LogP contribution in [0.2, 0.25) is 0 Å². The van der Waals surface area contributed by atoms with Crippen LogP contribution in [0.25, 0.3) is 11.1 Å². The first-order valence-corrected chi connectivity index (χ1v) is 10.4. The molecule has 0 N–H and O–H groups in total. The quantitative estimate of drug-likeness (QED) is 0.619. The third-order valence-corrected chi connectivity index (χ3v) is 7.05. The van der Waals surface area contributed by atoms with E-state index in [1.807, 2.05) is 18.2 Å². The predicted molar refractivity (Wildman–Crippen MR) is 108 cm³/mol. The Hall–Kier alpha value is -2.86. The fourth-order valence-electron chi connectivity index (χ4n) is 3.82. The molecule has 0 bridgehead atoms. The average Bonchev–Trinajstić information content (AvgIpc) is 2.68. The second-order valence-electron chi connectivity index (χ2n) is 6.86. The molecule has 1 heterocycles. The first-order chi connectivity index (χ1) is 13.3. The summed E-state index contributed by atoms with van der Waals surface area (Å²) >= 11 is 0. The first kappa shape index (κ1) is 18.5. The van der Waals surface area contributed by atoms with Gasteiger partial charge >= 0.3 is 0 Å². The minimum absolute atomic E-state index is 0.173. The van der Waals surface area contributed by atoms with Gasteiger partial charge in [-0.2, -0.15) is 0 Å². The van der Waals surface area contributed by atoms with Crippen molar-refractivity contribution in [3.8, 4) is 16.9 Å². The van der Waals surface area contributed by atoms with Gasteiger partial charge in [0.15, 0.2) is 0 Å². The maximum atomic E-state index is 13.9. The zero-order valence-corrected chi connectivity index (χ0v) is 16.6. The van der Waals surface area contributed by atoms with Crippen LogP contribution < -0.4 is 9.04 Å². The summed E-state index contributed by atoms with van der Waals surface area (Å²) in [4.78, 5) is 0.173. The lowest BCUT2D eigenvalue weighted by molar-refractivity contribution is 0.411. The highest BCUT2D eigenvalue weighted by Crippen LogP contribution is 2.47. The lowest BCUT2D eigenvalue weighted by Crippen LogP contribution is -2.36. The fourth-order valence-corrected chi connectivity index (χ4v) is 5.56. The van der Waals surface area contributed by atoms with Crippen LogP contribution in [0.4, 0.5) is 10.1 Å². The van der Waals surface area contributed by atoms with Gasteiger partial charge < -0.3 is 4.74 Å². The van der Waals surface area contributed by atoms with Gasteiger partial charge in [-0.1, -0.05) is 24.3 Å². The van der Waals surface area contributed by atoms with Crippen LogP contribution in [0.3, 0.4) is 0 Å². The molecule has 1 unspecified atom stereocenters. The van der Waals surface area contributed by atoms with Gasteiger partial charge in [-0.25, -0.2) is 12.8 Å². The molecule has 0 aliphatic carbocycles. The van der Waals surface area contributed by atoms with Crippen LogP contribution in [0.15, 0.2) is 65.6 Å². The van der Waals surface area contributed by atoms with Crippen LogP contribution in [0.5, 0.6) is 5.75 Å². The number of anilines is 1. The van der Waals surface area contributed by atoms with Crippen molar-refractivity contribution in [2.24, 2.45) is 0 Å². The number of hydrogen-bond acceptors (Lipinski definition) is 3. The number of aryl methyl sites for hydroxylation is 1. The van der Waals surface area contributed by atoms with Crippen LogP contribution in [-0.2, 0) is 10.0 Å². The maximum Gasteiger partial charge on any atom is 0.264 e. The number of hydrogen-bond donors (Lipinski definition) is 0. The third kappa shape index (κ3) is 2.76. The van der Waals surface area contributed by atoms with Gasteiger partial charge in [-0.05, 0) is 66.9 Å². The molecule has 3 aromatic rings. The van der Waals surface area contributed by atoms with E-state index in [0.29, 0.717) is 17.0 Å². The van der Waals surface area contributed by atoms with Gasteiger partial charge in [0.2, 0.25) is 0 Å². The first-order valence-electron chi connectivity index (χ1n) is 8.92. The van der Waals surface area contributed by atoms with E-state index in [4.69, 9.17) is 4.74 Å². The zero-order valence-electron chi connectivity index (χ0n) is 15.8. The maximum absolute atomic E-state index is 13.9. The lowest BCUT2D eigenvalue weighted by atomic mass is 9.90. The van der Waals surface area contributed by atoms with Crippen molar-refractivity contribution >= 4 is 15.7 Å². The van der Waals surface area contributed by atoms with Crippen molar-refractivity contribution in [1.82, 2.24) is 0 Å². The Kier molecular flexibility index (Phi) is 4.38. The Bertz CT molecular complexity index is 1170. The zero-order chi connectivity index (χ0) is 20.1. The van der Waals surface area contributed by atoms with E-state index in [2.05, 4.69) is 0 Å². The Labute approximate surface area is 164 Å². The average molecular weight is 397 g/mol. The minimum atomic E-state index is -3.87. The van der Waals surface area contributed by atoms with Crippen molar-refractivity contribution < 1.29 is 17.5 Å².